The molecule has 0 bridgehead atoms. The third kappa shape index (κ3) is 5.87. The van der Waals surface area contributed by atoms with Gasteiger partial charge in [0, 0.05) is 22.4 Å². The van der Waals surface area contributed by atoms with Crippen LogP contribution < -0.4 is 14.8 Å². The summed E-state index contributed by atoms with van der Waals surface area (Å²) in [4.78, 5) is 12.2. The molecule has 0 aromatic heterocycles. The van der Waals surface area contributed by atoms with Crippen LogP contribution in [-0.4, -0.2) is 25.9 Å². The van der Waals surface area contributed by atoms with Gasteiger partial charge in [0.15, 0.2) is 0 Å². The van der Waals surface area contributed by atoms with E-state index < -0.39 is 0 Å². The lowest BCUT2D eigenvalue weighted by Gasteiger charge is -2.18. The molecule has 1 N–H and O–H groups in total. The summed E-state index contributed by atoms with van der Waals surface area (Å²) in [6.45, 7) is 1.94. The second kappa shape index (κ2) is 9.59. The Bertz CT molecular complexity index is 706. The first-order valence-electron chi connectivity index (χ1n) is 7.87. The first kappa shape index (κ1) is 19.5. The Labute approximate surface area is 157 Å². The maximum absolute atomic E-state index is 12.2. The van der Waals surface area contributed by atoms with Gasteiger partial charge in [0.05, 0.1) is 26.0 Å². The maximum atomic E-state index is 12.2. The molecule has 0 saturated heterocycles. The number of nitrogens with one attached hydrogen (secondary N) is 1. The topological polar surface area (TPSA) is 47.6 Å². The van der Waals surface area contributed by atoms with E-state index >= 15 is 0 Å². The molecule has 0 radical (unpaired) electrons. The summed E-state index contributed by atoms with van der Waals surface area (Å²) >= 11 is 7.43. The Hall–Kier alpha value is -1.85. The van der Waals surface area contributed by atoms with E-state index in [9.17, 15) is 4.79 Å². The van der Waals surface area contributed by atoms with Crippen LogP contribution in [0.5, 0.6) is 11.5 Å². The van der Waals surface area contributed by atoms with Crippen molar-refractivity contribution in [2.24, 2.45) is 0 Å². The van der Waals surface area contributed by atoms with E-state index in [1.807, 2.05) is 49.4 Å². The number of hydrogen-bond acceptors (Lipinski definition) is 4. The van der Waals surface area contributed by atoms with Crippen LogP contribution >= 0.6 is 23.4 Å². The zero-order valence-corrected chi connectivity index (χ0v) is 16.1. The van der Waals surface area contributed by atoms with E-state index in [4.69, 9.17) is 21.1 Å². The number of amides is 1. The average Bonchev–Trinajstić information content (AvgIpc) is 2.62. The van der Waals surface area contributed by atoms with E-state index in [2.05, 4.69) is 5.32 Å². The quantitative estimate of drug-likeness (QED) is 0.735. The molecular weight excluding hydrogens is 358 g/mol. The van der Waals surface area contributed by atoms with Gasteiger partial charge in [-0.05, 0) is 36.8 Å². The fourth-order valence-electron chi connectivity index (χ4n) is 2.38. The Morgan fingerprint density at radius 3 is 2.52 bits per heavy atom. The van der Waals surface area contributed by atoms with Gasteiger partial charge < -0.3 is 14.8 Å². The molecule has 0 aliphatic rings. The second-order valence-corrected chi connectivity index (χ2v) is 6.94. The summed E-state index contributed by atoms with van der Waals surface area (Å²) in [7, 11) is 3.21. The molecule has 0 heterocycles. The van der Waals surface area contributed by atoms with Gasteiger partial charge in [-0.15, -0.1) is 11.8 Å². The Kier molecular flexibility index (Phi) is 7.47. The summed E-state index contributed by atoms with van der Waals surface area (Å²) < 4.78 is 10.6. The van der Waals surface area contributed by atoms with Gasteiger partial charge in [0.2, 0.25) is 5.91 Å². The first-order chi connectivity index (χ1) is 12.0. The SMILES string of the molecule is COc1ccc(C(C)NC(=O)CSCc2ccc(Cl)cc2)c(OC)c1. The van der Waals surface area contributed by atoms with E-state index in [1.165, 1.54) is 0 Å². The highest BCUT2D eigenvalue weighted by molar-refractivity contribution is 7.99. The maximum Gasteiger partial charge on any atom is 0.230 e. The molecule has 25 heavy (non-hydrogen) atoms. The minimum absolute atomic E-state index is 0.00988. The third-order valence-electron chi connectivity index (χ3n) is 3.70. The highest BCUT2D eigenvalue weighted by atomic mass is 35.5. The molecule has 0 fully saturated rings. The van der Waals surface area contributed by atoms with Gasteiger partial charge in [0.25, 0.3) is 0 Å². The van der Waals surface area contributed by atoms with Gasteiger partial charge in [0.1, 0.15) is 11.5 Å². The van der Waals surface area contributed by atoms with E-state index in [0.29, 0.717) is 16.5 Å². The summed E-state index contributed by atoms with van der Waals surface area (Å²) in [5.74, 6) is 2.57. The molecule has 2 rings (SSSR count). The second-order valence-electron chi connectivity index (χ2n) is 5.52. The van der Waals surface area contributed by atoms with Crippen molar-refractivity contribution >= 4 is 29.3 Å². The number of hydrogen-bond donors (Lipinski definition) is 1. The molecule has 4 nitrogen and oxygen atoms in total. The molecule has 2 aromatic carbocycles. The fourth-order valence-corrected chi connectivity index (χ4v) is 3.30. The average molecular weight is 380 g/mol. The van der Waals surface area contributed by atoms with E-state index in [1.54, 1.807) is 26.0 Å². The van der Waals surface area contributed by atoms with Crippen molar-refractivity contribution in [3.8, 4) is 11.5 Å². The van der Waals surface area contributed by atoms with Crippen molar-refractivity contribution in [2.75, 3.05) is 20.0 Å². The predicted octanol–water partition coefficient (Wildman–Crippen LogP) is 4.47. The van der Waals surface area contributed by atoms with Crippen molar-refractivity contribution in [2.45, 2.75) is 18.7 Å². The normalized spacial score (nSPS) is 11.7. The summed E-state index contributed by atoms with van der Waals surface area (Å²) in [5, 5.41) is 3.72. The van der Waals surface area contributed by atoms with Crippen molar-refractivity contribution in [1.82, 2.24) is 5.32 Å². The molecule has 134 valence electrons. The van der Waals surface area contributed by atoms with Gasteiger partial charge in [-0.1, -0.05) is 23.7 Å². The molecule has 0 spiro atoms. The van der Waals surface area contributed by atoms with Crippen LogP contribution in [0.3, 0.4) is 0 Å². The van der Waals surface area contributed by atoms with Crippen LogP contribution in [-0.2, 0) is 10.5 Å². The van der Waals surface area contributed by atoms with Crippen LogP contribution in [0.25, 0.3) is 0 Å². The van der Waals surface area contributed by atoms with Gasteiger partial charge in [-0.3, -0.25) is 4.79 Å². The van der Waals surface area contributed by atoms with Gasteiger partial charge >= 0.3 is 0 Å². The highest BCUT2D eigenvalue weighted by Crippen LogP contribution is 2.29. The highest BCUT2D eigenvalue weighted by Gasteiger charge is 2.15. The van der Waals surface area contributed by atoms with Crippen molar-refractivity contribution in [1.29, 1.82) is 0 Å². The number of rotatable bonds is 8. The molecule has 0 saturated carbocycles. The number of carbonyl (C=O) groups excluding carboxylic acids is 1. The Balaban J connectivity index is 1.86. The van der Waals surface area contributed by atoms with Crippen LogP contribution in [0.1, 0.15) is 24.1 Å². The number of methoxy groups -OCH3 is 2. The monoisotopic (exact) mass is 379 g/mol. The molecule has 1 amide bonds. The summed E-state index contributed by atoms with van der Waals surface area (Å²) in [5.41, 5.74) is 2.06. The van der Waals surface area contributed by atoms with E-state index in [-0.39, 0.29) is 11.9 Å². The largest absolute Gasteiger partial charge is 0.497 e. The smallest absolute Gasteiger partial charge is 0.230 e. The summed E-state index contributed by atoms with van der Waals surface area (Å²) in [6, 6.07) is 13.1. The molecule has 6 heteroatoms. The van der Waals surface area contributed by atoms with Crippen molar-refractivity contribution < 1.29 is 14.3 Å². The van der Waals surface area contributed by atoms with Crippen LogP contribution in [0.2, 0.25) is 5.02 Å². The molecule has 1 unspecified atom stereocenters. The van der Waals surface area contributed by atoms with Crippen molar-refractivity contribution in [3.05, 3.63) is 58.6 Å². The number of halogens is 1. The standard InChI is InChI=1S/C19H22ClNO3S/c1-13(17-9-8-16(23-2)10-18(17)24-3)21-19(22)12-25-11-14-4-6-15(20)7-5-14/h4-10,13H,11-12H2,1-3H3,(H,21,22). The van der Waals surface area contributed by atoms with Gasteiger partial charge in [-0.2, -0.15) is 0 Å². The number of benzene rings is 2. The minimum atomic E-state index is -0.149. The molecular formula is C19H22ClNO3S. The van der Waals surface area contributed by atoms with Crippen LogP contribution in [0.15, 0.2) is 42.5 Å². The Morgan fingerprint density at radius 2 is 1.88 bits per heavy atom. The molecule has 2 aromatic rings. The molecule has 0 aliphatic heterocycles. The lowest BCUT2D eigenvalue weighted by Crippen LogP contribution is -2.28. The zero-order chi connectivity index (χ0) is 18.2. The third-order valence-corrected chi connectivity index (χ3v) is 4.96. The first-order valence-corrected chi connectivity index (χ1v) is 9.40. The number of carbonyl (C=O) groups is 1. The number of thioether (sulfide) groups is 1. The van der Waals surface area contributed by atoms with Gasteiger partial charge in [-0.25, -0.2) is 0 Å². The summed E-state index contributed by atoms with van der Waals surface area (Å²) in [6.07, 6.45) is 0. The number of ether oxygens (including phenoxy) is 2. The lowest BCUT2D eigenvalue weighted by atomic mass is 10.1. The van der Waals surface area contributed by atoms with Crippen LogP contribution in [0, 0.1) is 0 Å². The van der Waals surface area contributed by atoms with Crippen LogP contribution in [0.4, 0.5) is 0 Å². The zero-order valence-electron chi connectivity index (χ0n) is 14.5. The molecule has 0 aliphatic carbocycles. The van der Waals surface area contributed by atoms with E-state index in [0.717, 1.165) is 22.6 Å². The predicted molar refractivity (Wildman–Crippen MR) is 104 cm³/mol. The molecule has 1 atom stereocenters. The minimum Gasteiger partial charge on any atom is -0.497 e. The Morgan fingerprint density at radius 1 is 1.16 bits per heavy atom. The van der Waals surface area contributed by atoms with Crippen molar-refractivity contribution in [3.63, 3.8) is 0 Å². The fraction of sp³-hybridized carbons (Fsp3) is 0.316. The lowest BCUT2D eigenvalue weighted by molar-refractivity contribution is -0.119.